The lowest BCUT2D eigenvalue weighted by Crippen LogP contribution is -2.25. The Kier molecular flexibility index (Phi) is 4.83. The monoisotopic (exact) mass is 261 g/mol. The Labute approximate surface area is 115 Å². The minimum Gasteiger partial charge on any atom is -0.481 e. The van der Waals surface area contributed by atoms with E-state index in [4.69, 9.17) is 5.11 Å². The van der Waals surface area contributed by atoms with Crippen LogP contribution in [0.1, 0.15) is 38.2 Å². The zero-order chi connectivity index (χ0) is 13.7. The molecule has 0 aliphatic heterocycles. The first-order valence-corrected chi connectivity index (χ1v) is 7.24. The smallest absolute Gasteiger partial charge is 0.306 e. The molecule has 3 nitrogen and oxygen atoms in total. The molecule has 0 radical (unpaired) electrons. The van der Waals surface area contributed by atoms with E-state index in [9.17, 15) is 4.79 Å². The molecular formula is C16H23NO2. The van der Waals surface area contributed by atoms with Crippen LogP contribution in [0.3, 0.4) is 0 Å². The molecule has 0 heterocycles. The van der Waals surface area contributed by atoms with Gasteiger partial charge in [-0.05, 0) is 55.7 Å². The Morgan fingerprint density at radius 1 is 1.21 bits per heavy atom. The van der Waals surface area contributed by atoms with Gasteiger partial charge >= 0.3 is 5.97 Å². The van der Waals surface area contributed by atoms with Gasteiger partial charge < -0.3 is 10.4 Å². The third kappa shape index (κ3) is 3.98. The van der Waals surface area contributed by atoms with E-state index in [1.165, 1.54) is 5.56 Å². The van der Waals surface area contributed by atoms with Gasteiger partial charge in [0.2, 0.25) is 0 Å². The first-order chi connectivity index (χ1) is 9.19. The standard InChI is InChI=1S/C16H23NO2/c1-2-12-5-9-15(10-6-12)17-11-13-3-7-14(8-4-13)16(18)19/h5-6,9-10,13-14,17H,2-4,7-8,11H2,1H3,(H,18,19). The fourth-order valence-corrected chi connectivity index (χ4v) is 2.73. The first-order valence-electron chi connectivity index (χ1n) is 7.24. The third-order valence-corrected chi connectivity index (χ3v) is 4.15. The first kappa shape index (κ1) is 13.9. The van der Waals surface area contributed by atoms with Crippen molar-refractivity contribution in [2.45, 2.75) is 39.0 Å². The summed E-state index contributed by atoms with van der Waals surface area (Å²) >= 11 is 0. The van der Waals surface area contributed by atoms with Crippen molar-refractivity contribution < 1.29 is 9.90 Å². The van der Waals surface area contributed by atoms with Gasteiger partial charge in [-0.1, -0.05) is 19.1 Å². The summed E-state index contributed by atoms with van der Waals surface area (Å²) in [5.41, 5.74) is 2.52. The number of nitrogens with one attached hydrogen (secondary N) is 1. The van der Waals surface area contributed by atoms with E-state index in [1.807, 2.05) is 0 Å². The highest BCUT2D eigenvalue weighted by atomic mass is 16.4. The minimum absolute atomic E-state index is 0.111. The van der Waals surface area contributed by atoms with Crippen molar-refractivity contribution >= 4 is 11.7 Å². The average Bonchev–Trinajstić information content (AvgIpc) is 2.46. The number of aryl methyl sites for hydroxylation is 1. The molecule has 2 rings (SSSR count). The average molecular weight is 261 g/mol. The Morgan fingerprint density at radius 3 is 2.37 bits per heavy atom. The Balaban J connectivity index is 1.75. The molecule has 0 aromatic heterocycles. The highest BCUT2D eigenvalue weighted by Crippen LogP contribution is 2.29. The zero-order valence-electron chi connectivity index (χ0n) is 11.6. The molecule has 1 aromatic rings. The summed E-state index contributed by atoms with van der Waals surface area (Å²) in [6, 6.07) is 8.57. The van der Waals surface area contributed by atoms with Gasteiger partial charge in [0, 0.05) is 12.2 Å². The summed E-state index contributed by atoms with van der Waals surface area (Å²) < 4.78 is 0. The van der Waals surface area contributed by atoms with Crippen LogP contribution in [0.4, 0.5) is 5.69 Å². The van der Waals surface area contributed by atoms with Crippen LogP contribution >= 0.6 is 0 Å². The summed E-state index contributed by atoms with van der Waals surface area (Å²) in [7, 11) is 0. The molecular weight excluding hydrogens is 238 g/mol. The van der Waals surface area contributed by atoms with E-state index in [2.05, 4.69) is 36.5 Å². The summed E-state index contributed by atoms with van der Waals surface area (Å²) in [5.74, 6) is -0.122. The number of hydrogen-bond donors (Lipinski definition) is 2. The lowest BCUT2D eigenvalue weighted by molar-refractivity contribution is -0.143. The van der Waals surface area contributed by atoms with Crippen LogP contribution in [0.25, 0.3) is 0 Å². The second kappa shape index (κ2) is 6.60. The van der Waals surface area contributed by atoms with Gasteiger partial charge in [0.15, 0.2) is 0 Å². The number of rotatable bonds is 5. The van der Waals surface area contributed by atoms with Gasteiger partial charge in [-0.3, -0.25) is 4.79 Å². The van der Waals surface area contributed by atoms with Crippen LogP contribution < -0.4 is 5.32 Å². The van der Waals surface area contributed by atoms with Crippen LogP contribution in [0.15, 0.2) is 24.3 Å². The number of hydrogen-bond acceptors (Lipinski definition) is 2. The van der Waals surface area contributed by atoms with Gasteiger partial charge in [-0.15, -0.1) is 0 Å². The maximum absolute atomic E-state index is 10.9. The fraction of sp³-hybridized carbons (Fsp3) is 0.562. The highest BCUT2D eigenvalue weighted by molar-refractivity contribution is 5.70. The van der Waals surface area contributed by atoms with E-state index >= 15 is 0 Å². The number of anilines is 1. The molecule has 0 amide bonds. The van der Waals surface area contributed by atoms with Gasteiger partial charge in [0.05, 0.1) is 5.92 Å². The van der Waals surface area contributed by atoms with Gasteiger partial charge in [0.25, 0.3) is 0 Å². The molecule has 1 aromatic carbocycles. The molecule has 2 N–H and O–H groups in total. The van der Waals surface area contributed by atoms with Crippen LogP contribution in [0.5, 0.6) is 0 Å². The fourth-order valence-electron chi connectivity index (χ4n) is 2.73. The summed E-state index contributed by atoms with van der Waals surface area (Å²) in [5, 5.41) is 12.4. The van der Waals surface area contributed by atoms with E-state index in [0.717, 1.165) is 44.3 Å². The van der Waals surface area contributed by atoms with Crippen LogP contribution in [-0.2, 0) is 11.2 Å². The maximum atomic E-state index is 10.9. The van der Waals surface area contributed by atoms with E-state index in [1.54, 1.807) is 0 Å². The Bertz CT molecular complexity index is 405. The third-order valence-electron chi connectivity index (χ3n) is 4.15. The van der Waals surface area contributed by atoms with Gasteiger partial charge in [-0.25, -0.2) is 0 Å². The SMILES string of the molecule is CCc1ccc(NCC2CCC(C(=O)O)CC2)cc1. The summed E-state index contributed by atoms with van der Waals surface area (Å²) in [4.78, 5) is 10.9. The predicted molar refractivity (Wildman–Crippen MR) is 77.4 cm³/mol. The van der Waals surface area contributed by atoms with E-state index < -0.39 is 5.97 Å². The van der Waals surface area contributed by atoms with Crippen molar-refractivity contribution in [1.29, 1.82) is 0 Å². The predicted octanol–water partition coefficient (Wildman–Crippen LogP) is 3.55. The van der Waals surface area contributed by atoms with Crippen molar-refractivity contribution in [3.63, 3.8) is 0 Å². The van der Waals surface area contributed by atoms with Crippen molar-refractivity contribution in [2.75, 3.05) is 11.9 Å². The molecule has 0 bridgehead atoms. The lowest BCUT2D eigenvalue weighted by atomic mass is 9.82. The van der Waals surface area contributed by atoms with Crippen LogP contribution in [-0.4, -0.2) is 17.6 Å². The molecule has 0 unspecified atom stereocenters. The van der Waals surface area contributed by atoms with Crippen LogP contribution in [0, 0.1) is 11.8 Å². The molecule has 1 fully saturated rings. The Hall–Kier alpha value is -1.51. The Morgan fingerprint density at radius 2 is 1.84 bits per heavy atom. The van der Waals surface area contributed by atoms with Crippen molar-refractivity contribution in [3.05, 3.63) is 29.8 Å². The summed E-state index contributed by atoms with van der Waals surface area (Å²) in [6.45, 7) is 3.11. The number of carbonyl (C=O) groups is 1. The van der Waals surface area contributed by atoms with E-state index in [0.29, 0.717) is 5.92 Å². The summed E-state index contributed by atoms with van der Waals surface area (Å²) in [6.07, 6.45) is 4.78. The number of carboxylic acids is 1. The largest absolute Gasteiger partial charge is 0.481 e. The highest BCUT2D eigenvalue weighted by Gasteiger charge is 2.25. The quantitative estimate of drug-likeness (QED) is 0.852. The minimum atomic E-state index is -0.624. The van der Waals surface area contributed by atoms with E-state index in [-0.39, 0.29) is 5.92 Å². The topological polar surface area (TPSA) is 49.3 Å². The van der Waals surface area contributed by atoms with Gasteiger partial charge in [0.1, 0.15) is 0 Å². The number of carboxylic acid groups (broad SMARTS) is 1. The van der Waals surface area contributed by atoms with Crippen molar-refractivity contribution in [2.24, 2.45) is 11.8 Å². The molecule has 104 valence electrons. The number of benzene rings is 1. The molecule has 0 atom stereocenters. The normalized spacial score (nSPS) is 23.0. The lowest BCUT2D eigenvalue weighted by Gasteiger charge is -2.26. The molecule has 3 heteroatoms. The van der Waals surface area contributed by atoms with Crippen LogP contribution in [0.2, 0.25) is 0 Å². The molecule has 0 spiro atoms. The maximum Gasteiger partial charge on any atom is 0.306 e. The number of aliphatic carboxylic acids is 1. The van der Waals surface area contributed by atoms with Crippen molar-refractivity contribution in [3.8, 4) is 0 Å². The molecule has 1 aliphatic carbocycles. The molecule has 1 saturated carbocycles. The molecule has 0 saturated heterocycles. The second-order valence-electron chi connectivity index (χ2n) is 5.49. The second-order valence-corrected chi connectivity index (χ2v) is 5.49. The molecule has 1 aliphatic rings. The van der Waals surface area contributed by atoms with Gasteiger partial charge in [-0.2, -0.15) is 0 Å². The van der Waals surface area contributed by atoms with Crippen molar-refractivity contribution in [1.82, 2.24) is 0 Å². The zero-order valence-corrected chi connectivity index (χ0v) is 11.6. The molecule has 19 heavy (non-hydrogen) atoms.